The predicted octanol–water partition coefficient (Wildman–Crippen LogP) is 4.38. The average Bonchev–Trinajstić information content (AvgIpc) is 3.64. The second kappa shape index (κ2) is 9.54. The average molecular weight is 494 g/mol. The van der Waals surface area contributed by atoms with Gasteiger partial charge in [0.2, 0.25) is 0 Å². The minimum Gasteiger partial charge on any atom is -0.467 e. The molecule has 0 N–H and O–H groups in total. The molecule has 0 saturated heterocycles. The van der Waals surface area contributed by atoms with Crippen molar-refractivity contribution in [2.75, 3.05) is 6.61 Å². The molecule has 0 fully saturated rings. The Morgan fingerprint density at radius 3 is 2.68 bits per heavy atom. The van der Waals surface area contributed by atoms with Gasteiger partial charge in [0.25, 0.3) is 5.91 Å². The Balaban J connectivity index is 1.29. The molecule has 170 valence electrons. The second-order valence-electron chi connectivity index (χ2n) is 7.21. The molecule has 3 aromatic heterocycles. The molecule has 1 aliphatic heterocycles. The summed E-state index contributed by atoms with van der Waals surface area (Å²) in [7, 11) is 0. The first kappa shape index (κ1) is 21.9. The Labute approximate surface area is 202 Å². The summed E-state index contributed by atoms with van der Waals surface area (Å²) in [5, 5.41) is 8.41. The number of furan rings is 1. The van der Waals surface area contributed by atoms with Gasteiger partial charge in [0.05, 0.1) is 12.0 Å². The van der Waals surface area contributed by atoms with Gasteiger partial charge < -0.3 is 9.15 Å². The second-order valence-corrected chi connectivity index (χ2v) is 8.51. The van der Waals surface area contributed by atoms with E-state index in [0.717, 1.165) is 5.56 Å². The third-order valence-electron chi connectivity index (χ3n) is 5.01. The van der Waals surface area contributed by atoms with Crippen molar-refractivity contribution in [1.29, 1.82) is 0 Å². The number of hydrogen-bond donors (Lipinski definition) is 0. The standard InChI is InChI=1S/C23H16ClN5O4S/c24-15-6-4-14(5-7-15)16-11-18(19-3-1-10-32-19)29(28-16)20(30)12-33-23(31)17-13-34-22(27-17)21-25-8-2-9-26-21/h1-10,13,18H,11-12H2. The first-order valence-electron chi connectivity index (χ1n) is 10.2. The fourth-order valence-electron chi connectivity index (χ4n) is 3.41. The Morgan fingerprint density at radius 2 is 1.94 bits per heavy atom. The number of hydrogen-bond acceptors (Lipinski definition) is 9. The zero-order valence-corrected chi connectivity index (χ0v) is 19.1. The molecule has 5 rings (SSSR count). The van der Waals surface area contributed by atoms with Crippen LogP contribution in [0, 0.1) is 0 Å². The summed E-state index contributed by atoms with van der Waals surface area (Å²) in [6.07, 6.45) is 5.16. The Hall–Kier alpha value is -3.89. The number of halogens is 1. The van der Waals surface area contributed by atoms with E-state index in [1.54, 1.807) is 42.7 Å². The fraction of sp³-hybridized carbons (Fsp3) is 0.130. The minimum atomic E-state index is -0.720. The van der Waals surface area contributed by atoms with Crippen molar-refractivity contribution in [3.63, 3.8) is 0 Å². The molecule has 11 heteroatoms. The van der Waals surface area contributed by atoms with E-state index in [1.165, 1.54) is 28.0 Å². The van der Waals surface area contributed by atoms with E-state index < -0.39 is 24.5 Å². The van der Waals surface area contributed by atoms with Crippen LogP contribution in [0.5, 0.6) is 0 Å². The predicted molar refractivity (Wildman–Crippen MR) is 124 cm³/mol. The lowest BCUT2D eigenvalue weighted by Gasteiger charge is -2.19. The molecule has 1 unspecified atom stereocenters. The van der Waals surface area contributed by atoms with E-state index in [0.29, 0.717) is 33.7 Å². The summed E-state index contributed by atoms with van der Waals surface area (Å²) >= 11 is 7.20. The van der Waals surface area contributed by atoms with Crippen LogP contribution in [0.2, 0.25) is 5.02 Å². The van der Waals surface area contributed by atoms with Crippen LogP contribution in [0.1, 0.15) is 34.3 Å². The van der Waals surface area contributed by atoms with Gasteiger partial charge in [-0.3, -0.25) is 4.79 Å². The summed E-state index contributed by atoms with van der Waals surface area (Å²) in [6, 6.07) is 12.0. The Bertz CT molecular complexity index is 1340. The van der Waals surface area contributed by atoms with Crippen LogP contribution >= 0.6 is 22.9 Å². The van der Waals surface area contributed by atoms with Crippen molar-refractivity contribution in [2.24, 2.45) is 5.10 Å². The lowest BCUT2D eigenvalue weighted by Crippen LogP contribution is -2.31. The number of carbonyl (C=O) groups is 2. The number of thiazole rings is 1. The zero-order valence-electron chi connectivity index (χ0n) is 17.5. The first-order chi connectivity index (χ1) is 16.6. The molecule has 1 aliphatic rings. The molecule has 0 saturated carbocycles. The molecule has 1 aromatic carbocycles. The van der Waals surface area contributed by atoms with Gasteiger partial charge >= 0.3 is 5.97 Å². The molecule has 4 heterocycles. The quantitative estimate of drug-likeness (QED) is 0.366. The highest BCUT2D eigenvalue weighted by atomic mass is 35.5. The number of carbonyl (C=O) groups excluding carboxylic acids is 2. The maximum Gasteiger partial charge on any atom is 0.358 e. The summed E-state index contributed by atoms with van der Waals surface area (Å²) in [4.78, 5) is 37.9. The number of hydrazone groups is 1. The van der Waals surface area contributed by atoms with Crippen molar-refractivity contribution in [3.8, 4) is 10.8 Å². The van der Waals surface area contributed by atoms with E-state index in [2.05, 4.69) is 20.1 Å². The number of esters is 1. The van der Waals surface area contributed by atoms with Crippen LogP contribution in [-0.2, 0) is 9.53 Å². The molecular formula is C23H16ClN5O4S. The summed E-state index contributed by atoms with van der Waals surface area (Å²) in [5.74, 6) is -0.215. The van der Waals surface area contributed by atoms with E-state index in [4.69, 9.17) is 20.8 Å². The van der Waals surface area contributed by atoms with Gasteiger partial charge in [-0.05, 0) is 35.9 Å². The monoisotopic (exact) mass is 493 g/mol. The van der Waals surface area contributed by atoms with Gasteiger partial charge in [-0.1, -0.05) is 23.7 Å². The van der Waals surface area contributed by atoms with Crippen LogP contribution in [0.15, 0.2) is 76.0 Å². The van der Waals surface area contributed by atoms with Gasteiger partial charge in [-0.2, -0.15) is 5.10 Å². The van der Waals surface area contributed by atoms with Crippen LogP contribution in [0.4, 0.5) is 0 Å². The van der Waals surface area contributed by atoms with Crippen LogP contribution in [0.3, 0.4) is 0 Å². The smallest absolute Gasteiger partial charge is 0.358 e. The fourth-order valence-corrected chi connectivity index (χ4v) is 4.27. The third-order valence-corrected chi connectivity index (χ3v) is 6.10. The number of amides is 1. The molecule has 9 nitrogen and oxygen atoms in total. The molecule has 1 amide bonds. The lowest BCUT2D eigenvalue weighted by atomic mass is 10.0. The largest absolute Gasteiger partial charge is 0.467 e. The summed E-state index contributed by atoms with van der Waals surface area (Å²) < 4.78 is 10.8. The number of aromatic nitrogens is 3. The van der Waals surface area contributed by atoms with E-state index in [9.17, 15) is 9.59 Å². The highest BCUT2D eigenvalue weighted by Crippen LogP contribution is 2.33. The van der Waals surface area contributed by atoms with E-state index in [1.807, 2.05) is 12.1 Å². The highest BCUT2D eigenvalue weighted by Gasteiger charge is 2.35. The van der Waals surface area contributed by atoms with Crippen LogP contribution in [-0.4, -0.2) is 44.2 Å². The molecule has 4 aromatic rings. The van der Waals surface area contributed by atoms with Gasteiger partial charge in [0.15, 0.2) is 23.1 Å². The number of rotatable bonds is 6. The summed E-state index contributed by atoms with van der Waals surface area (Å²) in [6.45, 7) is -0.498. The molecule has 0 aliphatic carbocycles. The summed E-state index contributed by atoms with van der Waals surface area (Å²) in [5.41, 5.74) is 1.62. The third kappa shape index (κ3) is 4.59. The minimum absolute atomic E-state index is 0.0783. The van der Waals surface area contributed by atoms with Crippen molar-refractivity contribution >= 4 is 40.5 Å². The van der Waals surface area contributed by atoms with Crippen molar-refractivity contribution < 1.29 is 18.7 Å². The van der Waals surface area contributed by atoms with Gasteiger partial charge in [-0.25, -0.2) is 24.8 Å². The van der Waals surface area contributed by atoms with E-state index in [-0.39, 0.29) is 5.69 Å². The maximum atomic E-state index is 13.0. The highest BCUT2D eigenvalue weighted by molar-refractivity contribution is 7.13. The first-order valence-corrected chi connectivity index (χ1v) is 11.4. The molecule has 1 atom stereocenters. The lowest BCUT2D eigenvalue weighted by molar-refractivity contribution is -0.136. The van der Waals surface area contributed by atoms with E-state index >= 15 is 0 Å². The van der Waals surface area contributed by atoms with Gasteiger partial charge in [0.1, 0.15) is 11.8 Å². The van der Waals surface area contributed by atoms with Gasteiger partial charge in [0, 0.05) is 29.2 Å². The molecule has 0 bridgehead atoms. The van der Waals surface area contributed by atoms with Crippen molar-refractivity contribution in [3.05, 3.63) is 88.5 Å². The molecule has 0 spiro atoms. The molecule has 0 radical (unpaired) electrons. The SMILES string of the molecule is O=C(OCC(=O)N1N=C(c2ccc(Cl)cc2)CC1c1ccco1)c1csc(-c2ncccn2)n1. The maximum absolute atomic E-state index is 13.0. The van der Waals surface area contributed by atoms with Crippen LogP contribution in [0.25, 0.3) is 10.8 Å². The normalized spacial score (nSPS) is 15.3. The molecule has 34 heavy (non-hydrogen) atoms. The van der Waals surface area contributed by atoms with Crippen molar-refractivity contribution in [1.82, 2.24) is 20.0 Å². The Morgan fingerprint density at radius 1 is 1.15 bits per heavy atom. The zero-order chi connectivity index (χ0) is 23.5. The number of nitrogens with zero attached hydrogens (tertiary/aromatic N) is 5. The number of benzene rings is 1. The van der Waals surface area contributed by atoms with Crippen LogP contribution < -0.4 is 0 Å². The van der Waals surface area contributed by atoms with Crippen molar-refractivity contribution in [2.45, 2.75) is 12.5 Å². The Kier molecular flexibility index (Phi) is 6.15. The number of ether oxygens (including phenoxy) is 1. The van der Waals surface area contributed by atoms with Gasteiger partial charge in [-0.15, -0.1) is 11.3 Å². The topological polar surface area (TPSA) is 111 Å². The molecular weight excluding hydrogens is 478 g/mol.